The number of likely N-dealkylation sites (N-methyl/N-ethyl adjacent to an activating group) is 1. The average molecular weight is 399 g/mol. The maximum absolute atomic E-state index is 13.0. The summed E-state index contributed by atoms with van der Waals surface area (Å²) in [5.74, 6) is 1.00. The highest BCUT2D eigenvalue weighted by Crippen LogP contribution is 2.19. The van der Waals surface area contributed by atoms with E-state index in [1.807, 2.05) is 50.2 Å². The van der Waals surface area contributed by atoms with Crippen LogP contribution in [0.2, 0.25) is 0 Å². The highest BCUT2D eigenvalue weighted by molar-refractivity contribution is 7.99. The van der Waals surface area contributed by atoms with Crippen LogP contribution in [0.25, 0.3) is 0 Å². The molecule has 2 aromatic rings. The number of aryl methyl sites for hydroxylation is 2. The van der Waals surface area contributed by atoms with E-state index in [-0.39, 0.29) is 11.8 Å². The normalized spacial score (nSPS) is 11.7. The average Bonchev–Trinajstić information content (AvgIpc) is 2.68. The van der Waals surface area contributed by atoms with Crippen LogP contribution < -0.4 is 5.32 Å². The molecule has 5 heteroatoms. The zero-order valence-electron chi connectivity index (χ0n) is 17.2. The molecule has 0 aromatic heterocycles. The van der Waals surface area contributed by atoms with Crippen molar-refractivity contribution in [3.8, 4) is 0 Å². The number of carbonyl (C=O) groups is 2. The summed E-state index contributed by atoms with van der Waals surface area (Å²) in [6.07, 6.45) is 0. The van der Waals surface area contributed by atoms with Gasteiger partial charge >= 0.3 is 0 Å². The topological polar surface area (TPSA) is 49.4 Å². The van der Waals surface area contributed by atoms with E-state index in [1.165, 1.54) is 11.1 Å². The van der Waals surface area contributed by atoms with Crippen LogP contribution >= 0.6 is 11.8 Å². The number of nitrogens with zero attached hydrogens (tertiary/aromatic N) is 1. The molecular formula is C23H30N2O2S. The van der Waals surface area contributed by atoms with Crippen molar-refractivity contribution in [2.24, 2.45) is 0 Å². The minimum Gasteiger partial charge on any atom is -0.355 e. The Morgan fingerprint density at radius 1 is 1.00 bits per heavy atom. The molecule has 0 spiro atoms. The van der Waals surface area contributed by atoms with Crippen molar-refractivity contribution < 1.29 is 9.59 Å². The molecule has 0 aliphatic carbocycles. The number of rotatable bonds is 9. The van der Waals surface area contributed by atoms with Gasteiger partial charge in [0.2, 0.25) is 11.8 Å². The van der Waals surface area contributed by atoms with Crippen molar-refractivity contribution in [2.45, 2.75) is 46.0 Å². The summed E-state index contributed by atoms with van der Waals surface area (Å²) >= 11 is 1.59. The van der Waals surface area contributed by atoms with E-state index in [1.54, 1.807) is 23.6 Å². The third kappa shape index (κ3) is 6.13. The first-order valence-electron chi connectivity index (χ1n) is 9.68. The summed E-state index contributed by atoms with van der Waals surface area (Å²) in [5, 5.41) is 2.83. The number of hydrogen-bond donors (Lipinski definition) is 1. The molecule has 0 radical (unpaired) electrons. The molecule has 0 bridgehead atoms. The van der Waals surface area contributed by atoms with Gasteiger partial charge < -0.3 is 10.2 Å². The third-order valence-corrected chi connectivity index (χ3v) is 5.83. The van der Waals surface area contributed by atoms with Gasteiger partial charge in [0, 0.05) is 18.8 Å². The molecule has 1 atom stereocenters. The number of carbonyl (C=O) groups excluding carboxylic acids is 2. The van der Waals surface area contributed by atoms with Crippen LogP contribution in [-0.4, -0.2) is 35.1 Å². The second kappa shape index (κ2) is 10.9. The lowest BCUT2D eigenvalue weighted by molar-refractivity contribution is -0.138. The second-order valence-electron chi connectivity index (χ2n) is 6.94. The number of benzene rings is 2. The molecule has 4 nitrogen and oxygen atoms in total. The fraction of sp³-hybridized carbons (Fsp3) is 0.391. The van der Waals surface area contributed by atoms with Crippen LogP contribution in [0.5, 0.6) is 0 Å². The first-order chi connectivity index (χ1) is 13.4. The zero-order chi connectivity index (χ0) is 20.5. The van der Waals surface area contributed by atoms with Gasteiger partial charge in [-0.1, -0.05) is 48.5 Å². The van der Waals surface area contributed by atoms with Gasteiger partial charge in [-0.05, 0) is 49.9 Å². The first kappa shape index (κ1) is 22.0. The molecule has 0 saturated heterocycles. The smallest absolute Gasteiger partial charge is 0.242 e. The van der Waals surface area contributed by atoms with Gasteiger partial charge in [0.25, 0.3) is 0 Å². The van der Waals surface area contributed by atoms with E-state index < -0.39 is 6.04 Å². The minimum atomic E-state index is -0.508. The van der Waals surface area contributed by atoms with Crippen LogP contribution in [-0.2, 0) is 21.9 Å². The zero-order valence-corrected chi connectivity index (χ0v) is 18.0. The van der Waals surface area contributed by atoms with E-state index in [0.717, 1.165) is 16.9 Å². The van der Waals surface area contributed by atoms with E-state index in [4.69, 9.17) is 0 Å². The maximum Gasteiger partial charge on any atom is 0.242 e. The lowest BCUT2D eigenvalue weighted by atomic mass is 10.1. The van der Waals surface area contributed by atoms with Crippen molar-refractivity contribution >= 4 is 23.6 Å². The molecule has 28 heavy (non-hydrogen) atoms. The number of hydrogen-bond acceptors (Lipinski definition) is 3. The van der Waals surface area contributed by atoms with E-state index in [2.05, 4.69) is 24.4 Å². The Bertz CT molecular complexity index is 807. The van der Waals surface area contributed by atoms with Gasteiger partial charge in [0.05, 0.1) is 5.75 Å². The second-order valence-corrected chi connectivity index (χ2v) is 7.92. The fourth-order valence-electron chi connectivity index (χ4n) is 2.98. The van der Waals surface area contributed by atoms with Gasteiger partial charge in [-0.15, -0.1) is 11.8 Å². The number of thioether (sulfide) groups is 1. The molecule has 1 N–H and O–H groups in total. The minimum absolute atomic E-state index is 0.0133. The molecule has 2 amide bonds. The molecule has 150 valence electrons. The van der Waals surface area contributed by atoms with Crippen LogP contribution in [0.3, 0.4) is 0 Å². The SMILES string of the molecule is CCNC(=O)C(C)N(Cc1ccccc1C)C(=O)CSCc1ccccc1C. The molecule has 0 aliphatic rings. The molecular weight excluding hydrogens is 368 g/mol. The summed E-state index contributed by atoms with van der Waals surface area (Å²) in [6.45, 7) is 8.79. The standard InChI is InChI=1S/C23H30N2O2S/c1-5-24-23(27)19(4)25(14-20-12-8-6-10-17(20)2)22(26)16-28-15-21-13-9-7-11-18(21)3/h6-13,19H,5,14-16H2,1-4H3,(H,24,27). The van der Waals surface area contributed by atoms with Crippen molar-refractivity contribution in [3.05, 3.63) is 70.8 Å². The van der Waals surface area contributed by atoms with Gasteiger partial charge in [-0.2, -0.15) is 0 Å². The Hall–Kier alpha value is -2.27. The van der Waals surface area contributed by atoms with Crippen molar-refractivity contribution in [2.75, 3.05) is 12.3 Å². The number of amides is 2. The Labute approximate surface area is 172 Å². The quantitative estimate of drug-likeness (QED) is 0.692. The maximum atomic E-state index is 13.0. The van der Waals surface area contributed by atoms with E-state index >= 15 is 0 Å². The summed E-state index contributed by atoms with van der Waals surface area (Å²) in [7, 11) is 0. The lowest BCUT2D eigenvalue weighted by Gasteiger charge is -2.29. The summed E-state index contributed by atoms with van der Waals surface area (Å²) < 4.78 is 0. The van der Waals surface area contributed by atoms with Crippen molar-refractivity contribution in [1.82, 2.24) is 10.2 Å². The van der Waals surface area contributed by atoms with Crippen molar-refractivity contribution in [3.63, 3.8) is 0 Å². The highest BCUT2D eigenvalue weighted by Gasteiger charge is 2.26. The van der Waals surface area contributed by atoms with Gasteiger partial charge in [0.1, 0.15) is 6.04 Å². The Morgan fingerprint density at radius 2 is 1.57 bits per heavy atom. The van der Waals surface area contributed by atoms with Crippen LogP contribution in [0.1, 0.15) is 36.1 Å². The predicted octanol–water partition coefficient (Wildman–Crippen LogP) is 4.09. The largest absolute Gasteiger partial charge is 0.355 e. The molecule has 1 unspecified atom stereocenters. The monoisotopic (exact) mass is 398 g/mol. The van der Waals surface area contributed by atoms with Crippen LogP contribution in [0.4, 0.5) is 0 Å². The van der Waals surface area contributed by atoms with Gasteiger partial charge in [-0.25, -0.2) is 0 Å². The Balaban J connectivity index is 2.08. The molecule has 0 aliphatic heterocycles. The molecule has 2 aromatic carbocycles. The predicted molar refractivity (Wildman–Crippen MR) is 117 cm³/mol. The fourth-order valence-corrected chi connectivity index (χ4v) is 3.97. The number of nitrogens with one attached hydrogen (secondary N) is 1. The summed E-state index contributed by atoms with van der Waals surface area (Å²) in [4.78, 5) is 27.1. The van der Waals surface area contributed by atoms with Crippen LogP contribution in [0.15, 0.2) is 48.5 Å². The highest BCUT2D eigenvalue weighted by atomic mass is 32.2. The van der Waals surface area contributed by atoms with Gasteiger partial charge in [-0.3, -0.25) is 9.59 Å². The Morgan fingerprint density at radius 3 is 2.14 bits per heavy atom. The molecule has 0 saturated carbocycles. The molecule has 0 fully saturated rings. The Kier molecular flexibility index (Phi) is 8.58. The van der Waals surface area contributed by atoms with E-state index in [0.29, 0.717) is 18.8 Å². The van der Waals surface area contributed by atoms with Gasteiger partial charge in [0.15, 0.2) is 0 Å². The molecule has 2 rings (SSSR count). The molecule has 0 heterocycles. The summed E-state index contributed by atoms with van der Waals surface area (Å²) in [5.41, 5.74) is 4.66. The first-order valence-corrected chi connectivity index (χ1v) is 10.8. The van der Waals surface area contributed by atoms with Crippen LogP contribution in [0, 0.1) is 13.8 Å². The third-order valence-electron chi connectivity index (χ3n) is 4.86. The van der Waals surface area contributed by atoms with Crippen molar-refractivity contribution in [1.29, 1.82) is 0 Å². The van der Waals surface area contributed by atoms with E-state index in [9.17, 15) is 9.59 Å². The summed E-state index contributed by atoms with van der Waals surface area (Å²) in [6, 6.07) is 15.7. The lowest BCUT2D eigenvalue weighted by Crippen LogP contribution is -2.48.